The molecule has 4 amide bonds. The van der Waals surface area contributed by atoms with E-state index in [1.54, 1.807) is 66.7 Å². The predicted molar refractivity (Wildman–Crippen MR) is 134 cm³/mol. The van der Waals surface area contributed by atoms with Gasteiger partial charge in [0, 0.05) is 0 Å². The molecule has 10 heteroatoms. The summed E-state index contributed by atoms with van der Waals surface area (Å²) in [6.45, 7) is -0.179. The first kappa shape index (κ1) is 26.1. The molecule has 0 bridgehead atoms. The Morgan fingerprint density at radius 1 is 0.816 bits per heavy atom. The average molecular weight is 516 g/mol. The van der Waals surface area contributed by atoms with Crippen LogP contribution in [0.25, 0.3) is 0 Å². The minimum Gasteiger partial charge on any atom is -0.467 e. The normalized spacial score (nSPS) is 12.9. The number of hydrazine groups is 1. The summed E-state index contributed by atoms with van der Waals surface area (Å²) < 4.78 is 10.0. The number of esters is 2. The Morgan fingerprint density at radius 3 is 1.89 bits per heavy atom. The molecule has 10 nitrogen and oxygen atoms in total. The van der Waals surface area contributed by atoms with Crippen LogP contribution in [0.2, 0.25) is 0 Å². The van der Waals surface area contributed by atoms with Crippen molar-refractivity contribution in [3.63, 3.8) is 0 Å². The topological polar surface area (TPSA) is 122 Å². The molecule has 1 atom stereocenters. The van der Waals surface area contributed by atoms with E-state index in [-0.39, 0.29) is 24.3 Å². The van der Waals surface area contributed by atoms with Gasteiger partial charge in [-0.25, -0.2) is 14.6 Å². The second-order valence-electron chi connectivity index (χ2n) is 8.39. The summed E-state index contributed by atoms with van der Waals surface area (Å²) in [5, 5.41) is 4.07. The summed E-state index contributed by atoms with van der Waals surface area (Å²) in [6.07, 6.45) is -0.521. The fourth-order valence-electron chi connectivity index (χ4n) is 3.91. The molecule has 0 unspecified atom stereocenters. The molecule has 0 aromatic heterocycles. The number of methoxy groups -OCH3 is 1. The van der Waals surface area contributed by atoms with E-state index in [1.807, 2.05) is 6.07 Å². The lowest BCUT2D eigenvalue weighted by Crippen LogP contribution is -2.56. The molecular weight excluding hydrogens is 490 g/mol. The highest BCUT2D eigenvalue weighted by Crippen LogP contribution is 2.25. The number of nitrogens with zero attached hydrogens (tertiary/aromatic N) is 2. The molecule has 0 spiro atoms. The maximum absolute atomic E-state index is 13.5. The molecule has 1 aliphatic heterocycles. The van der Waals surface area contributed by atoms with Crippen molar-refractivity contribution in [3.8, 4) is 0 Å². The quantitative estimate of drug-likeness (QED) is 0.343. The Hall–Kier alpha value is -4.99. The minimum atomic E-state index is -1.43. The lowest BCUT2D eigenvalue weighted by molar-refractivity contribution is -0.151. The molecule has 1 N–H and O–H groups in total. The highest BCUT2D eigenvalue weighted by molar-refractivity contribution is 6.21. The van der Waals surface area contributed by atoms with Crippen LogP contribution in [0.4, 0.5) is 4.79 Å². The van der Waals surface area contributed by atoms with E-state index in [0.717, 1.165) is 22.7 Å². The Labute approximate surface area is 218 Å². The first-order valence-corrected chi connectivity index (χ1v) is 11.8. The van der Waals surface area contributed by atoms with Crippen molar-refractivity contribution >= 4 is 29.8 Å². The lowest BCUT2D eigenvalue weighted by atomic mass is 10.1. The van der Waals surface area contributed by atoms with Crippen LogP contribution in [-0.2, 0) is 32.2 Å². The zero-order valence-corrected chi connectivity index (χ0v) is 20.5. The predicted octanol–water partition coefficient (Wildman–Crippen LogP) is 3.08. The molecule has 0 saturated heterocycles. The average Bonchev–Trinajstić information content (AvgIpc) is 3.20. The number of nitrogens with one attached hydrogen (secondary N) is 1. The van der Waals surface area contributed by atoms with Gasteiger partial charge in [0.15, 0.2) is 0 Å². The van der Waals surface area contributed by atoms with Gasteiger partial charge in [-0.1, -0.05) is 72.8 Å². The second kappa shape index (κ2) is 11.8. The number of ether oxygens (including phenoxy) is 2. The van der Waals surface area contributed by atoms with Crippen LogP contribution in [0.1, 0.15) is 38.3 Å². The van der Waals surface area contributed by atoms with Crippen LogP contribution in [0.3, 0.4) is 0 Å². The number of hydrogen-bond donors (Lipinski definition) is 1. The van der Waals surface area contributed by atoms with Crippen LogP contribution < -0.4 is 5.32 Å². The molecule has 4 rings (SSSR count). The van der Waals surface area contributed by atoms with Gasteiger partial charge in [0.1, 0.15) is 12.6 Å². The van der Waals surface area contributed by atoms with Crippen molar-refractivity contribution in [3.05, 3.63) is 107 Å². The minimum absolute atomic E-state index is 0.0172. The number of urea groups is 1. The number of hydrogen-bond acceptors (Lipinski definition) is 7. The fraction of sp³-hybridized carbons (Fsp3) is 0.179. The van der Waals surface area contributed by atoms with Gasteiger partial charge in [0.2, 0.25) is 0 Å². The van der Waals surface area contributed by atoms with Crippen molar-refractivity contribution in [2.24, 2.45) is 0 Å². The van der Waals surface area contributed by atoms with Gasteiger partial charge in [-0.3, -0.25) is 14.4 Å². The number of carbonyl (C=O) groups excluding carboxylic acids is 5. The van der Waals surface area contributed by atoms with Gasteiger partial charge >= 0.3 is 18.0 Å². The van der Waals surface area contributed by atoms with Gasteiger partial charge in [0.05, 0.1) is 31.2 Å². The zero-order valence-electron chi connectivity index (χ0n) is 20.5. The third-order valence-corrected chi connectivity index (χ3v) is 5.82. The van der Waals surface area contributed by atoms with Gasteiger partial charge in [0.25, 0.3) is 11.8 Å². The molecule has 0 radical (unpaired) electrons. The molecule has 3 aromatic rings. The summed E-state index contributed by atoms with van der Waals surface area (Å²) in [6, 6.07) is 21.5. The summed E-state index contributed by atoms with van der Waals surface area (Å²) >= 11 is 0. The molecule has 0 fully saturated rings. The molecule has 38 heavy (non-hydrogen) atoms. The Kier molecular flexibility index (Phi) is 8.12. The fourth-order valence-corrected chi connectivity index (χ4v) is 3.91. The third-order valence-electron chi connectivity index (χ3n) is 5.82. The standard InChI is InChI=1S/C28H25N3O7/c1-37-27(35)23(16-24(32)38-18-20-12-6-3-7-13-20)29-28(36)30(17-19-10-4-2-5-11-19)31-25(33)21-14-8-9-15-22(21)26(31)34/h2-15,23H,16-18H2,1H3,(H,29,36)/t23-/m0/s1. The van der Waals surface area contributed by atoms with E-state index in [0.29, 0.717) is 5.56 Å². The van der Waals surface area contributed by atoms with Crippen LogP contribution >= 0.6 is 0 Å². The smallest absolute Gasteiger partial charge is 0.337 e. The van der Waals surface area contributed by atoms with Crippen molar-refractivity contribution in [2.45, 2.75) is 25.6 Å². The van der Waals surface area contributed by atoms with Gasteiger partial charge < -0.3 is 14.8 Å². The van der Waals surface area contributed by atoms with E-state index in [9.17, 15) is 24.0 Å². The molecule has 194 valence electrons. The number of imide groups is 1. The second-order valence-corrected chi connectivity index (χ2v) is 8.39. The molecule has 1 aliphatic rings. The van der Waals surface area contributed by atoms with Gasteiger partial charge in [-0.15, -0.1) is 0 Å². The molecule has 1 heterocycles. The summed E-state index contributed by atoms with van der Waals surface area (Å²) in [7, 11) is 1.11. The lowest BCUT2D eigenvalue weighted by Gasteiger charge is -2.31. The highest BCUT2D eigenvalue weighted by atomic mass is 16.5. The number of carbonyl (C=O) groups is 5. The van der Waals surface area contributed by atoms with Crippen LogP contribution in [0.15, 0.2) is 84.9 Å². The Bertz CT molecular complexity index is 1310. The maximum Gasteiger partial charge on any atom is 0.337 e. The van der Waals surface area contributed by atoms with Crippen molar-refractivity contribution in [1.82, 2.24) is 15.3 Å². The van der Waals surface area contributed by atoms with Gasteiger partial charge in [-0.05, 0) is 23.3 Å². The van der Waals surface area contributed by atoms with Crippen LogP contribution in [0.5, 0.6) is 0 Å². The Morgan fingerprint density at radius 2 is 1.34 bits per heavy atom. The first-order chi connectivity index (χ1) is 18.4. The molecule has 0 aliphatic carbocycles. The van der Waals surface area contributed by atoms with E-state index >= 15 is 0 Å². The summed E-state index contributed by atoms with van der Waals surface area (Å²) in [4.78, 5) is 64.7. The van der Waals surface area contributed by atoms with E-state index in [2.05, 4.69) is 5.32 Å². The van der Waals surface area contributed by atoms with Crippen LogP contribution in [-0.4, -0.2) is 53.0 Å². The number of fused-ring (bicyclic) bond motifs is 1. The van der Waals surface area contributed by atoms with Gasteiger partial charge in [-0.2, -0.15) is 5.01 Å². The van der Waals surface area contributed by atoms with E-state index in [1.165, 1.54) is 12.1 Å². The maximum atomic E-state index is 13.5. The van der Waals surface area contributed by atoms with Crippen molar-refractivity contribution < 1.29 is 33.4 Å². The molecular formula is C28H25N3O7. The first-order valence-electron chi connectivity index (χ1n) is 11.8. The highest BCUT2D eigenvalue weighted by Gasteiger charge is 2.42. The summed E-state index contributed by atoms with van der Waals surface area (Å²) in [5.41, 5.74) is 1.67. The molecule has 3 aromatic carbocycles. The number of benzene rings is 3. The Balaban J connectivity index is 1.54. The van der Waals surface area contributed by atoms with Crippen molar-refractivity contribution in [2.75, 3.05) is 7.11 Å². The SMILES string of the molecule is COC(=O)[C@H](CC(=O)OCc1ccccc1)NC(=O)N(Cc1ccccc1)N1C(=O)c2ccccc2C1=O. The zero-order chi connectivity index (χ0) is 27.1. The summed E-state index contributed by atoms with van der Waals surface area (Å²) in [5.74, 6) is -3.01. The number of amides is 4. The third kappa shape index (κ3) is 5.86. The van der Waals surface area contributed by atoms with E-state index < -0.39 is 42.2 Å². The van der Waals surface area contributed by atoms with E-state index in [4.69, 9.17) is 9.47 Å². The molecule has 0 saturated carbocycles. The van der Waals surface area contributed by atoms with Crippen molar-refractivity contribution in [1.29, 1.82) is 0 Å². The van der Waals surface area contributed by atoms with Crippen LogP contribution in [0, 0.1) is 0 Å². The monoisotopic (exact) mass is 515 g/mol. The largest absolute Gasteiger partial charge is 0.467 e. The number of rotatable bonds is 9.